The first kappa shape index (κ1) is 122. The predicted molar refractivity (Wildman–Crippen MR) is 32.0 cm³/mol. The molecule has 10 nitrogen and oxygen atoms in total. The van der Waals surface area contributed by atoms with Gasteiger partial charge in [0.05, 0.1) is 5.09 Å². The van der Waals surface area contributed by atoms with Gasteiger partial charge in [-0.05, 0) is 0 Å². The first-order chi connectivity index (χ1) is 1.73. The Kier molecular flexibility index (Phi) is 991. The van der Waals surface area contributed by atoms with Crippen molar-refractivity contribution in [3.05, 3.63) is 15.3 Å². The van der Waals surface area contributed by atoms with Gasteiger partial charge in [-0.3, -0.25) is 0 Å². The molecule has 0 unspecified atom stereocenters. The summed E-state index contributed by atoms with van der Waals surface area (Å²) in [5, 5.41) is 14.8. The fourth-order valence-electron chi connectivity index (χ4n) is 0. The van der Waals surface area contributed by atoms with E-state index in [0.29, 0.717) is 0 Å². The van der Waals surface area contributed by atoms with Crippen LogP contribution < -0.4 is 0 Å². The summed E-state index contributed by atoms with van der Waals surface area (Å²) < 4.78 is 0. The average Bonchev–Trinajstić information content (AvgIpc) is 0.811. The van der Waals surface area contributed by atoms with Gasteiger partial charge in [-0.2, -0.15) is 0 Å². The molecule has 74 valence electrons. The van der Waals surface area contributed by atoms with Gasteiger partial charge in [-0.1, -0.05) is 0 Å². The van der Waals surface area contributed by atoms with Crippen molar-refractivity contribution < 1.29 is 69.1 Å². The van der Waals surface area contributed by atoms with Crippen molar-refractivity contribution in [3.8, 4) is 0 Å². The van der Waals surface area contributed by atoms with Gasteiger partial charge in [0.15, 0.2) is 0 Å². The van der Waals surface area contributed by atoms with Crippen molar-refractivity contribution in [2.75, 3.05) is 0 Å². The number of rotatable bonds is 0. The molecule has 0 atom stereocenters. The molecule has 0 saturated heterocycles. The van der Waals surface area contributed by atoms with Gasteiger partial charge in [-0.25, -0.2) is 0 Å². The summed E-state index contributed by atoms with van der Waals surface area (Å²) in [6.07, 6.45) is 0. The van der Waals surface area contributed by atoms with E-state index < -0.39 is 5.09 Å². The van der Waals surface area contributed by atoms with Gasteiger partial charge in [0, 0.05) is 0 Å². The van der Waals surface area contributed by atoms with Crippen molar-refractivity contribution in [3.63, 3.8) is 0 Å². The predicted octanol–water partition coefficient (Wildman–Crippen LogP) is -5.19. The minimum atomic E-state index is -1.75. The van der Waals surface area contributed by atoms with E-state index in [1.807, 2.05) is 0 Å². The van der Waals surface area contributed by atoms with Crippen LogP contribution in [0.2, 0.25) is 0 Å². The SMILES string of the molecule is O.O.O.O.O.O.O=[N+]([O-])[O-].[U+2]. The Morgan fingerprint density at radius 1 is 0.727 bits per heavy atom. The maximum Gasteiger partial charge on any atom is 2.00 e. The Morgan fingerprint density at radius 3 is 0.727 bits per heavy atom. The molecule has 0 saturated carbocycles. The molecule has 0 aliphatic rings. The summed E-state index contributed by atoms with van der Waals surface area (Å²) >= 11 is 0. The molecule has 12 N–H and O–H groups in total. The van der Waals surface area contributed by atoms with Crippen LogP contribution in [-0.2, 0) is 0 Å². The molecule has 0 fully saturated rings. The molecule has 11 heavy (non-hydrogen) atoms. The maximum atomic E-state index is 8.25. The Morgan fingerprint density at radius 2 is 0.727 bits per heavy atom. The van der Waals surface area contributed by atoms with Crippen molar-refractivity contribution in [1.29, 1.82) is 0 Å². The van der Waals surface area contributed by atoms with Crippen LogP contribution in [0, 0.1) is 46.4 Å². The van der Waals surface area contributed by atoms with Crippen LogP contribution in [0.1, 0.15) is 0 Å². The summed E-state index contributed by atoms with van der Waals surface area (Å²) in [4.78, 5) is 8.25. The third kappa shape index (κ3) is 4500000. The van der Waals surface area contributed by atoms with E-state index in [1.165, 1.54) is 0 Å². The Labute approximate surface area is 84.5 Å². The van der Waals surface area contributed by atoms with Crippen LogP contribution in [0.5, 0.6) is 0 Å². The van der Waals surface area contributed by atoms with E-state index in [0.717, 1.165) is 0 Å². The first-order valence-electron chi connectivity index (χ1n) is 0.548. The molecule has 0 aromatic rings. The van der Waals surface area contributed by atoms with Crippen LogP contribution in [-0.4, -0.2) is 37.9 Å². The number of hydrogen-bond donors (Lipinski definition) is 0. The molecule has 0 radical (unpaired) electrons. The Bertz CT molecular complexity index is 32.5. The molecular weight excluding hydrogens is 396 g/mol. The molecule has 0 aliphatic carbocycles. The largest absolute Gasteiger partial charge is 2.00 e. The van der Waals surface area contributed by atoms with Crippen molar-refractivity contribution in [2.24, 2.45) is 0 Å². The van der Waals surface area contributed by atoms with Gasteiger partial charge in [0.1, 0.15) is 0 Å². The van der Waals surface area contributed by atoms with Gasteiger partial charge in [0.25, 0.3) is 0 Å². The zero-order valence-electron chi connectivity index (χ0n) is 5.17. The zero-order valence-corrected chi connectivity index (χ0v) is 9.34. The van der Waals surface area contributed by atoms with E-state index >= 15 is 0 Å². The Hall–Kier alpha value is 0.0119. The van der Waals surface area contributed by atoms with E-state index in [4.69, 9.17) is 15.3 Å². The molecule has 0 bridgehead atoms. The van der Waals surface area contributed by atoms with Crippen molar-refractivity contribution >= 4 is 0 Å². The third-order valence-electron chi connectivity index (χ3n) is 0. The van der Waals surface area contributed by atoms with E-state index in [1.54, 1.807) is 0 Å². The Balaban J connectivity index is -0.00000000214. The number of hydrogen-bond acceptors (Lipinski definition) is 3. The van der Waals surface area contributed by atoms with Crippen molar-refractivity contribution in [2.45, 2.75) is 0 Å². The van der Waals surface area contributed by atoms with Crippen LogP contribution in [0.3, 0.4) is 0 Å². The van der Waals surface area contributed by atoms with Crippen LogP contribution >= 0.6 is 0 Å². The maximum absolute atomic E-state index is 8.25. The summed E-state index contributed by atoms with van der Waals surface area (Å²) in [6.45, 7) is 0. The molecule has 0 aromatic heterocycles. The summed E-state index contributed by atoms with van der Waals surface area (Å²) in [5.41, 5.74) is 0. The minimum Gasteiger partial charge on any atom is -0.412 e. The van der Waals surface area contributed by atoms with Gasteiger partial charge >= 0.3 is 31.1 Å². The van der Waals surface area contributed by atoms with E-state index in [2.05, 4.69) is 0 Å². The summed E-state index contributed by atoms with van der Waals surface area (Å²) in [6, 6.07) is 0. The first-order valence-corrected chi connectivity index (χ1v) is 0.548. The molecule has 0 spiro atoms. The molecule has 11 heteroatoms. The van der Waals surface area contributed by atoms with Crippen LogP contribution in [0.15, 0.2) is 0 Å². The normalized spacial score (nSPS) is 2.18. The van der Waals surface area contributed by atoms with Gasteiger partial charge in [-0.15, -0.1) is 0 Å². The molecule has 0 amide bonds. The smallest absolute Gasteiger partial charge is 0.412 e. The second kappa shape index (κ2) is 89.6. The fraction of sp³-hybridized carbons (Fsp3) is 0. The minimum absolute atomic E-state index is 0. The molecule has 0 aromatic carbocycles. The van der Waals surface area contributed by atoms with Crippen LogP contribution in [0.25, 0.3) is 0 Å². The van der Waals surface area contributed by atoms with Crippen molar-refractivity contribution in [1.82, 2.24) is 0 Å². The summed E-state index contributed by atoms with van der Waals surface area (Å²) in [5.74, 6) is 0. The van der Waals surface area contributed by atoms with E-state index in [9.17, 15) is 0 Å². The second-order valence-corrected chi connectivity index (χ2v) is 0.224. The van der Waals surface area contributed by atoms with E-state index in [-0.39, 0.29) is 64.0 Å². The molecular formula is H12NO9U+. The molecule has 0 rings (SSSR count). The third-order valence-corrected chi connectivity index (χ3v) is 0. The topological polar surface area (TPSA) is 255 Å². The van der Waals surface area contributed by atoms with Crippen LogP contribution in [0.4, 0.5) is 0 Å². The fourth-order valence-corrected chi connectivity index (χ4v) is 0. The standard InChI is InChI=1S/NO3.6H2O.U/c2-1(3)4;;;;;;;/h;6*1H2;/q-1;;;;;;;+2. The monoisotopic (exact) mass is 408 g/mol. The zero-order chi connectivity index (χ0) is 3.58. The second-order valence-electron chi connectivity index (χ2n) is 0.224. The quantitative estimate of drug-likeness (QED) is 0.281. The number of nitrogens with zero attached hydrogens (tertiary/aromatic N) is 1. The molecule has 0 aliphatic heterocycles. The summed E-state index contributed by atoms with van der Waals surface area (Å²) in [7, 11) is 0. The molecule has 0 heterocycles. The van der Waals surface area contributed by atoms with Gasteiger partial charge in [0.2, 0.25) is 0 Å². The average molecular weight is 408 g/mol. The van der Waals surface area contributed by atoms with Gasteiger partial charge < -0.3 is 48.2 Å².